The molecule has 2 rings (SSSR count). The molecule has 1 N–H and O–H groups in total. The maximum Gasteiger partial charge on any atom is 0.126 e. The zero-order chi connectivity index (χ0) is 14.6. The number of benzene rings is 1. The van der Waals surface area contributed by atoms with Crippen LogP contribution in [0, 0.1) is 17.0 Å². The Morgan fingerprint density at radius 1 is 1.40 bits per heavy atom. The molecule has 0 bridgehead atoms. The van der Waals surface area contributed by atoms with E-state index < -0.39 is 0 Å². The highest BCUT2D eigenvalue weighted by Gasteiger charge is 2.41. The van der Waals surface area contributed by atoms with Crippen LogP contribution in [0.4, 0.5) is 8.78 Å². The predicted octanol–water partition coefficient (Wildman–Crippen LogP) is 3.30. The van der Waals surface area contributed by atoms with Crippen molar-refractivity contribution in [3.8, 4) is 0 Å². The van der Waals surface area contributed by atoms with Gasteiger partial charge in [0, 0.05) is 18.6 Å². The van der Waals surface area contributed by atoms with E-state index >= 15 is 0 Å². The first-order valence-corrected chi connectivity index (χ1v) is 7.33. The molecule has 1 heterocycles. The van der Waals surface area contributed by atoms with Gasteiger partial charge in [-0.15, -0.1) is 0 Å². The second-order valence-electron chi connectivity index (χ2n) is 5.71. The van der Waals surface area contributed by atoms with Crippen molar-refractivity contribution in [2.75, 3.05) is 19.7 Å². The first-order chi connectivity index (χ1) is 9.57. The van der Waals surface area contributed by atoms with Gasteiger partial charge in [0.1, 0.15) is 11.6 Å². The van der Waals surface area contributed by atoms with Gasteiger partial charge < -0.3 is 10.1 Å². The summed E-state index contributed by atoms with van der Waals surface area (Å²) in [6.07, 6.45) is 2.49. The van der Waals surface area contributed by atoms with Gasteiger partial charge in [0.15, 0.2) is 0 Å². The third kappa shape index (κ3) is 3.36. The van der Waals surface area contributed by atoms with Crippen molar-refractivity contribution < 1.29 is 13.5 Å². The maximum atomic E-state index is 13.9. The lowest BCUT2D eigenvalue weighted by Crippen LogP contribution is -2.41. The van der Waals surface area contributed by atoms with E-state index in [-0.39, 0.29) is 23.2 Å². The lowest BCUT2D eigenvalue weighted by molar-refractivity contribution is 0.0626. The fourth-order valence-electron chi connectivity index (χ4n) is 2.92. The number of nitrogens with one attached hydrogen (secondary N) is 1. The molecule has 0 amide bonds. The number of hydrogen-bond donors (Lipinski definition) is 1. The summed E-state index contributed by atoms with van der Waals surface area (Å²) in [4.78, 5) is 0. The van der Waals surface area contributed by atoms with Gasteiger partial charge in [0.25, 0.3) is 0 Å². The molecule has 0 aromatic heterocycles. The molecule has 2 unspecified atom stereocenters. The Morgan fingerprint density at radius 2 is 2.20 bits per heavy atom. The first kappa shape index (κ1) is 15.4. The van der Waals surface area contributed by atoms with Gasteiger partial charge in [-0.2, -0.15) is 0 Å². The summed E-state index contributed by atoms with van der Waals surface area (Å²) in [5.41, 5.74) is 0.296. The fourth-order valence-corrected chi connectivity index (χ4v) is 2.92. The molecule has 1 aromatic carbocycles. The third-order valence-corrected chi connectivity index (χ3v) is 4.28. The standard InChI is InChI=1S/C16H23F2NO/c1-3-7-19-11-16(6-8-20-12(16)2)10-13-9-14(17)4-5-15(13)18/h4-5,9,12,19H,3,6-8,10-11H2,1-2H3. The monoisotopic (exact) mass is 283 g/mol. The predicted molar refractivity (Wildman–Crippen MR) is 75.7 cm³/mol. The lowest BCUT2D eigenvalue weighted by Gasteiger charge is -2.33. The van der Waals surface area contributed by atoms with Gasteiger partial charge in [-0.25, -0.2) is 8.78 Å². The van der Waals surface area contributed by atoms with Crippen molar-refractivity contribution in [3.05, 3.63) is 35.4 Å². The van der Waals surface area contributed by atoms with Gasteiger partial charge in [0.2, 0.25) is 0 Å². The Morgan fingerprint density at radius 3 is 2.85 bits per heavy atom. The van der Waals surface area contributed by atoms with Crippen LogP contribution in [0.5, 0.6) is 0 Å². The third-order valence-electron chi connectivity index (χ3n) is 4.28. The van der Waals surface area contributed by atoms with Crippen LogP contribution in [0.15, 0.2) is 18.2 Å². The SMILES string of the molecule is CCCNCC1(Cc2cc(F)ccc2F)CCOC1C. The van der Waals surface area contributed by atoms with Crippen molar-refractivity contribution in [1.82, 2.24) is 5.32 Å². The second kappa shape index (κ2) is 6.64. The van der Waals surface area contributed by atoms with E-state index in [0.717, 1.165) is 32.0 Å². The molecule has 1 aliphatic heterocycles. The van der Waals surface area contributed by atoms with Gasteiger partial charge in [-0.05, 0) is 56.5 Å². The zero-order valence-corrected chi connectivity index (χ0v) is 12.2. The van der Waals surface area contributed by atoms with Crippen LogP contribution in [-0.2, 0) is 11.2 Å². The van der Waals surface area contributed by atoms with Gasteiger partial charge in [-0.3, -0.25) is 0 Å². The fraction of sp³-hybridized carbons (Fsp3) is 0.625. The maximum absolute atomic E-state index is 13.9. The summed E-state index contributed by atoms with van der Waals surface area (Å²) in [6, 6.07) is 3.68. The van der Waals surface area contributed by atoms with Crippen LogP contribution in [0.1, 0.15) is 32.3 Å². The second-order valence-corrected chi connectivity index (χ2v) is 5.71. The average molecular weight is 283 g/mol. The highest BCUT2D eigenvalue weighted by molar-refractivity contribution is 5.21. The molecule has 1 aliphatic rings. The number of ether oxygens (including phenoxy) is 1. The molecule has 2 nitrogen and oxygen atoms in total. The summed E-state index contributed by atoms with van der Waals surface area (Å²) in [6.45, 7) is 6.53. The number of rotatable bonds is 6. The molecule has 0 aliphatic carbocycles. The highest BCUT2D eigenvalue weighted by atomic mass is 19.1. The molecular weight excluding hydrogens is 260 g/mol. The molecular formula is C16H23F2NO. The minimum Gasteiger partial charge on any atom is -0.378 e. The van der Waals surface area contributed by atoms with Crippen LogP contribution in [0.3, 0.4) is 0 Å². The van der Waals surface area contributed by atoms with Crippen molar-refractivity contribution in [2.24, 2.45) is 5.41 Å². The van der Waals surface area contributed by atoms with Crippen LogP contribution in [-0.4, -0.2) is 25.8 Å². The van der Waals surface area contributed by atoms with Gasteiger partial charge >= 0.3 is 0 Å². The molecule has 112 valence electrons. The van der Waals surface area contributed by atoms with Crippen LogP contribution in [0.25, 0.3) is 0 Å². The van der Waals surface area contributed by atoms with Crippen molar-refractivity contribution in [1.29, 1.82) is 0 Å². The Labute approximate surface area is 119 Å². The quantitative estimate of drug-likeness (QED) is 0.809. The van der Waals surface area contributed by atoms with E-state index in [9.17, 15) is 8.78 Å². The van der Waals surface area contributed by atoms with E-state index in [2.05, 4.69) is 12.2 Å². The van der Waals surface area contributed by atoms with Crippen molar-refractivity contribution in [3.63, 3.8) is 0 Å². The smallest absolute Gasteiger partial charge is 0.126 e. The summed E-state index contributed by atoms with van der Waals surface area (Å²) < 4.78 is 32.9. The van der Waals surface area contributed by atoms with Crippen molar-refractivity contribution >= 4 is 0 Å². The average Bonchev–Trinajstić information content (AvgIpc) is 2.76. The molecule has 0 spiro atoms. The van der Waals surface area contributed by atoms with E-state index in [1.165, 1.54) is 12.1 Å². The number of halogens is 2. The Balaban J connectivity index is 2.17. The van der Waals surface area contributed by atoms with Crippen LogP contribution >= 0.6 is 0 Å². The van der Waals surface area contributed by atoms with Gasteiger partial charge in [0.05, 0.1) is 6.10 Å². The highest BCUT2D eigenvalue weighted by Crippen LogP contribution is 2.38. The Bertz CT molecular complexity index is 452. The Hall–Kier alpha value is -1.00. The molecule has 0 saturated carbocycles. The van der Waals surface area contributed by atoms with E-state index in [1.807, 2.05) is 6.92 Å². The molecule has 4 heteroatoms. The topological polar surface area (TPSA) is 21.3 Å². The van der Waals surface area contributed by atoms with Gasteiger partial charge in [-0.1, -0.05) is 6.92 Å². The lowest BCUT2D eigenvalue weighted by atomic mass is 9.76. The van der Waals surface area contributed by atoms with E-state index in [4.69, 9.17) is 4.74 Å². The summed E-state index contributed by atoms with van der Waals surface area (Å²) >= 11 is 0. The Kier molecular flexibility index (Phi) is 5.11. The summed E-state index contributed by atoms with van der Waals surface area (Å²) in [5.74, 6) is -0.718. The summed E-state index contributed by atoms with van der Waals surface area (Å²) in [5, 5.41) is 3.41. The molecule has 0 radical (unpaired) electrons. The molecule has 1 saturated heterocycles. The zero-order valence-electron chi connectivity index (χ0n) is 12.2. The molecule has 1 aromatic rings. The van der Waals surface area contributed by atoms with Crippen LogP contribution in [0.2, 0.25) is 0 Å². The van der Waals surface area contributed by atoms with Crippen molar-refractivity contribution in [2.45, 2.75) is 39.2 Å². The minimum absolute atomic E-state index is 0.0505. The van der Waals surface area contributed by atoms with E-state index in [1.54, 1.807) is 0 Å². The first-order valence-electron chi connectivity index (χ1n) is 7.33. The molecule has 1 fully saturated rings. The van der Waals surface area contributed by atoms with E-state index in [0.29, 0.717) is 18.6 Å². The number of hydrogen-bond acceptors (Lipinski definition) is 2. The molecule has 2 atom stereocenters. The van der Waals surface area contributed by atoms with Crippen LogP contribution < -0.4 is 5.32 Å². The minimum atomic E-state index is -0.385. The largest absolute Gasteiger partial charge is 0.378 e. The molecule has 20 heavy (non-hydrogen) atoms. The summed E-state index contributed by atoms with van der Waals surface area (Å²) in [7, 11) is 0. The normalized spacial score (nSPS) is 26.1.